The summed E-state index contributed by atoms with van der Waals surface area (Å²) in [6, 6.07) is 13.7. The van der Waals surface area contributed by atoms with Gasteiger partial charge >= 0.3 is 0 Å². The number of aliphatic hydroxyl groups excluding tert-OH is 1. The van der Waals surface area contributed by atoms with E-state index >= 15 is 0 Å². The Morgan fingerprint density at radius 2 is 2.00 bits per heavy atom. The molecule has 2 bridgehead atoms. The van der Waals surface area contributed by atoms with E-state index in [0.717, 1.165) is 42.8 Å². The molecule has 2 N–H and O–H groups in total. The molecule has 3 aliphatic rings. The number of aliphatic hydroxyl groups is 2. The van der Waals surface area contributed by atoms with Crippen molar-refractivity contribution in [1.82, 2.24) is 9.88 Å². The van der Waals surface area contributed by atoms with Crippen LogP contribution in [0.3, 0.4) is 0 Å². The quantitative estimate of drug-likeness (QED) is 0.572. The summed E-state index contributed by atoms with van der Waals surface area (Å²) in [5.41, 5.74) is 1.76. The molecule has 3 aliphatic heterocycles. The minimum Gasteiger partial charge on any atom is -0.475 e. The third kappa shape index (κ3) is 4.73. The van der Waals surface area contributed by atoms with Gasteiger partial charge in [0.1, 0.15) is 18.3 Å². The van der Waals surface area contributed by atoms with E-state index < -0.39 is 11.7 Å². The first-order valence-electron chi connectivity index (χ1n) is 10.5. The second kappa shape index (κ2) is 9.01. The standard InChI is InChI=1S/C25H28N2O3/c1-2-22(28)17-30-24-9-8-20(23(26-24)16-19-6-4-3-5-7-19)10-13-25(29)18-27-14-11-21(25)12-15-27/h2-9,21-22,28-29H,1,11-12,14-18H2. The predicted molar refractivity (Wildman–Crippen MR) is 116 cm³/mol. The molecule has 5 nitrogen and oxygen atoms in total. The van der Waals surface area contributed by atoms with Gasteiger partial charge in [-0.1, -0.05) is 48.2 Å². The lowest BCUT2D eigenvalue weighted by atomic mass is 9.75. The van der Waals surface area contributed by atoms with Gasteiger partial charge in [0.25, 0.3) is 0 Å². The smallest absolute Gasteiger partial charge is 0.213 e. The highest BCUT2D eigenvalue weighted by Crippen LogP contribution is 2.35. The molecule has 5 heteroatoms. The number of nitrogens with zero attached hydrogens (tertiary/aromatic N) is 2. The van der Waals surface area contributed by atoms with Crippen molar-refractivity contribution in [1.29, 1.82) is 0 Å². The SMILES string of the molecule is C=CC(O)COc1ccc(C#CC2(O)CN3CCC2CC3)c(Cc2ccccc2)n1. The van der Waals surface area contributed by atoms with Gasteiger partial charge in [-0.15, -0.1) is 6.58 Å². The molecule has 3 saturated heterocycles. The fraction of sp³-hybridized carbons (Fsp3) is 0.400. The lowest BCUT2D eigenvalue weighted by molar-refractivity contribution is -0.0713. The number of rotatable bonds is 6. The van der Waals surface area contributed by atoms with Crippen LogP contribution < -0.4 is 4.74 Å². The highest BCUT2D eigenvalue weighted by Gasteiger charge is 2.44. The van der Waals surface area contributed by atoms with Gasteiger partial charge in [-0.2, -0.15) is 0 Å². The number of hydrogen-bond acceptors (Lipinski definition) is 5. The number of aromatic nitrogens is 1. The van der Waals surface area contributed by atoms with Crippen LogP contribution in [-0.2, 0) is 6.42 Å². The second-order valence-corrected chi connectivity index (χ2v) is 8.14. The van der Waals surface area contributed by atoms with E-state index in [1.54, 1.807) is 6.07 Å². The molecular weight excluding hydrogens is 376 g/mol. The van der Waals surface area contributed by atoms with Crippen molar-refractivity contribution in [3.05, 3.63) is 71.9 Å². The van der Waals surface area contributed by atoms with Crippen molar-refractivity contribution in [2.24, 2.45) is 5.92 Å². The molecule has 0 amide bonds. The average molecular weight is 405 g/mol. The molecule has 156 valence electrons. The molecule has 2 atom stereocenters. The fourth-order valence-corrected chi connectivity index (χ4v) is 4.19. The summed E-state index contributed by atoms with van der Waals surface area (Å²) < 4.78 is 5.61. The van der Waals surface area contributed by atoms with Gasteiger partial charge in [0.2, 0.25) is 5.88 Å². The number of pyridine rings is 1. The van der Waals surface area contributed by atoms with Gasteiger partial charge in [0.15, 0.2) is 0 Å². The van der Waals surface area contributed by atoms with Crippen molar-refractivity contribution < 1.29 is 14.9 Å². The van der Waals surface area contributed by atoms with Crippen LogP contribution >= 0.6 is 0 Å². The van der Waals surface area contributed by atoms with Crippen LogP contribution in [0.15, 0.2) is 55.1 Å². The third-order valence-corrected chi connectivity index (χ3v) is 5.98. The maximum atomic E-state index is 11.1. The Hall–Kier alpha value is -2.65. The molecule has 30 heavy (non-hydrogen) atoms. The molecule has 5 rings (SSSR count). The summed E-state index contributed by atoms with van der Waals surface area (Å²) in [5, 5.41) is 20.8. The minimum atomic E-state index is -0.955. The van der Waals surface area contributed by atoms with E-state index in [1.807, 2.05) is 24.3 Å². The van der Waals surface area contributed by atoms with Crippen LogP contribution in [0.4, 0.5) is 0 Å². The van der Waals surface area contributed by atoms with E-state index in [9.17, 15) is 10.2 Å². The van der Waals surface area contributed by atoms with Crippen molar-refractivity contribution in [2.45, 2.75) is 31.0 Å². The number of fused-ring (bicyclic) bond motifs is 3. The molecule has 4 heterocycles. The Bertz CT molecular complexity index is 942. The van der Waals surface area contributed by atoms with Crippen LogP contribution in [0.1, 0.15) is 29.7 Å². The maximum absolute atomic E-state index is 11.1. The number of ether oxygens (including phenoxy) is 1. The number of hydrogen-bond donors (Lipinski definition) is 2. The molecular formula is C25H28N2O3. The minimum absolute atomic E-state index is 0.101. The first-order valence-corrected chi connectivity index (χ1v) is 10.5. The summed E-state index contributed by atoms with van der Waals surface area (Å²) in [7, 11) is 0. The summed E-state index contributed by atoms with van der Waals surface area (Å²) in [4.78, 5) is 6.94. The predicted octanol–water partition coefficient (Wildman–Crippen LogP) is 2.41. The van der Waals surface area contributed by atoms with Crippen LogP contribution in [0.25, 0.3) is 0 Å². The summed E-state index contributed by atoms with van der Waals surface area (Å²) in [6.45, 7) is 6.38. The Balaban J connectivity index is 1.61. The molecule has 0 spiro atoms. The summed E-state index contributed by atoms with van der Waals surface area (Å²) in [6.07, 6.45) is 3.30. The van der Waals surface area contributed by atoms with Gasteiger partial charge in [0, 0.05) is 30.5 Å². The van der Waals surface area contributed by atoms with Crippen LogP contribution in [-0.4, -0.2) is 58.0 Å². The Morgan fingerprint density at radius 1 is 1.23 bits per heavy atom. The zero-order chi connectivity index (χ0) is 21.0. The van der Waals surface area contributed by atoms with Gasteiger partial charge in [-0.3, -0.25) is 4.90 Å². The fourth-order valence-electron chi connectivity index (χ4n) is 4.19. The van der Waals surface area contributed by atoms with Crippen molar-refractivity contribution in [3.63, 3.8) is 0 Å². The van der Waals surface area contributed by atoms with Gasteiger partial charge in [-0.25, -0.2) is 4.98 Å². The molecule has 1 aromatic heterocycles. The van der Waals surface area contributed by atoms with E-state index in [1.165, 1.54) is 6.08 Å². The largest absolute Gasteiger partial charge is 0.475 e. The lowest BCUT2D eigenvalue weighted by Crippen LogP contribution is -2.58. The number of benzene rings is 1. The van der Waals surface area contributed by atoms with Gasteiger partial charge < -0.3 is 14.9 Å². The zero-order valence-electron chi connectivity index (χ0n) is 17.1. The van der Waals surface area contributed by atoms with Crippen molar-refractivity contribution >= 4 is 0 Å². The average Bonchev–Trinajstić information content (AvgIpc) is 2.78. The first kappa shape index (κ1) is 20.6. The topological polar surface area (TPSA) is 65.8 Å². The highest BCUT2D eigenvalue weighted by atomic mass is 16.5. The summed E-state index contributed by atoms with van der Waals surface area (Å²) >= 11 is 0. The molecule has 0 aliphatic carbocycles. The van der Waals surface area contributed by atoms with E-state index in [-0.39, 0.29) is 12.5 Å². The van der Waals surface area contributed by atoms with Crippen LogP contribution in [0.2, 0.25) is 0 Å². The lowest BCUT2D eigenvalue weighted by Gasteiger charge is -2.47. The maximum Gasteiger partial charge on any atom is 0.213 e. The molecule has 3 fully saturated rings. The van der Waals surface area contributed by atoms with E-state index in [4.69, 9.17) is 4.74 Å². The van der Waals surface area contributed by atoms with E-state index in [0.29, 0.717) is 18.8 Å². The van der Waals surface area contributed by atoms with Crippen LogP contribution in [0, 0.1) is 17.8 Å². The molecule has 1 aromatic carbocycles. The molecule has 2 aromatic rings. The van der Waals surface area contributed by atoms with Gasteiger partial charge in [-0.05, 0) is 37.6 Å². The Kier molecular flexibility index (Phi) is 6.19. The normalized spacial score (nSPS) is 25.8. The number of piperidine rings is 3. The zero-order valence-corrected chi connectivity index (χ0v) is 17.1. The third-order valence-electron chi connectivity index (χ3n) is 5.98. The van der Waals surface area contributed by atoms with E-state index in [2.05, 4.69) is 40.4 Å². The molecule has 0 saturated carbocycles. The Labute approximate surface area is 178 Å². The van der Waals surface area contributed by atoms with Crippen molar-refractivity contribution in [3.8, 4) is 17.7 Å². The Morgan fingerprint density at radius 3 is 2.67 bits per heavy atom. The van der Waals surface area contributed by atoms with Crippen LogP contribution in [0.5, 0.6) is 5.88 Å². The summed E-state index contributed by atoms with van der Waals surface area (Å²) in [5.74, 6) is 7.08. The molecule has 0 radical (unpaired) electrons. The molecule has 2 unspecified atom stereocenters. The highest BCUT2D eigenvalue weighted by molar-refractivity contribution is 5.44. The monoisotopic (exact) mass is 404 g/mol. The second-order valence-electron chi connectivity index (χ2n) is 8.14. The first-order chi connectivity index (χ1) is 14.6. The van der Waals surface area contributed by atoms with Crippen molar-refractivity contribution in [2.75, 3.05) is 26.2 Å². The van der Waals surface area contributed by atoms with Gasteiger partial charge in [0.05, 0.1) is 5.69 Å².